The number of carbonyl (C=O) groups is 1. The van der Waals surface area contributed by atoms with Gasteiger partial charge < -0.3 is 5.32 Å². The van der Waals surface area contributed by atoms with Gasteiger partial charge in [-0.05, 0) is 43.2 Å². The topological polar surface area (TPSA) is 75.3 Å². The van der Waals surface area contributed by atoms with Crippen molar-refractivity contribution in [3.05, 3.63) is 58.9 Å². The molecule has 0 radical (unpaired) electrons. The summed E-state index contributed by atoms with van der Waals surface area (Å²) < 4.78 is 41.7. The summed E-state index contributed by atoms with van der Waals surface area (Å²) in [4.78, 5) is 12.2. The summed E-state index contributed by atoms with van der Waals surface area (Å²) >= 11 is 5.98. The molecule has 0 atom stereocenters. The van der Waals surface area contributed by atoms with Crippen LogP contribution in [0.4, 0.5) is 10.1 Å². The van der Waals surface area contributed by atoms with E-state index in [1.165, 1.54) is 0 Å². The van der Waals surface area contributed by atoms with E-state index in [0.29, 0.717) is 10.7 Å². The molecule has 1 saturated carbocycles. The monoisotopic (exact) mass is 396 g/mol. The van der Waals surface area contributed by atoms with E-state index in [1.54, 1.807) is 24.3 Å². The Balaban J connectivity index is 1.85. The van der Waals surface area contributed by atoms with Crippen molar-refractivity contribution >= 4 is 33.2 Å². The molecule has 138 valence electrons. The van der Waals surface area contributed by atoms with Gasteiger partial charge in [0, 0.05) is 6.04 Å². The van der Waals surface area contributed by atoms with Crippen molar-refractivity contribution in [2.75, 3.05) is 5.32 Å². The number of hydrogen-bond donors (Lipinski definition) is 2. The first-order chi connectivity index (χ1) is 12.4. The van der Waals surface area contributed by atoms with Gasteiger partial charge in [0.1, 0.15) is 5.82 Å². The Morgan fingerprint density at radius 1 is 1.12 bits per heavy atom. The number of rotatable bonds is 5. The lowest BCUT2D eigenvalue weighted by molar-refractivity contribution is 0.102. The summed E-state index contributed by atoms with van der Waals surface area (Å²) in [5, 5.41) is 2.79. The average molecular weight is 397 g/mol. The maximum atomic E-state index is 14.1. The van der Waals surface area contributed by atoms with Gasteiger partial charge >= 0.3 is 0 Å². The molecular formula is C18H18ClFN2O3S. The molecule has 1 aliphatic rings. The predicted octanol–water partition coefficient (Wildman–Crippen LogP) is 3.95. The van der Waals surface area contributed by atoms with Crippen LogP contribution in [0, 0.1) is 5.82 Å². The van der Waals surface area contributed by atoms with Crippen molar-refractivity contribution in [2.45, 2.75) is 36.6 Å². The zero-order valence-corrected chi connectivity index (χ0v) is 15.4. The molecule has 3 rings (SSSR count). The number of sulfonamides is 1. The number of benzene rings is 2. The lowest BCUT2D eigenvalue weighted by Crippen LogP contribution is -2.32. The minimum atomic E-state index is -3.82. The Morgan fingerprint density at radius 2 is 1.81 bits per heavy atom. The Kier molecular flexibility index (Phi) is 5.60. The van der Waals surface area contributed by atoms with Crippen molar-refractivity contribution in [3.63, 3.8) is 0 Å². The Morgan fingerprint density at radius 3 is 2.50 bits per heavy atom. The van der Waals surface area contributed by atoms with Crippen molar-refractivity contribution < 1.29 is 17.6 Å². The summed E-state index contributed by atoms with van der Waals surface area (Å²) in [6, 6.07) is 9.57. The van der Waals surface area contributed by atoms with Crippen LogP contribution in [0.3, 0.4) is 0 Å². The normalized spacial score (nSPS) is 15.2. The zero-order valence-electron chi connectivity index (χ0n) is 13.8. The third kappa shape index (κ3) is 4.23. The molecule has 2 N–H and O–H groups in total. The fraction of sp³-hybridized carbons (Fsp3) is 0.278. The summed E-state index contributed by atoms with van der Waals surface area (Å²) in [7, 11) is -3.82. The Hall–Kier alpha value is -1.96. The molecule has 8 heteroatoms. The van der Waals surface area contributed by atoms with E-state index < -0.39 is 21.7 Å². The van der Waals surface area contributed by atoms with E-state index >= 15 is 0 Å². The van der Waals surface area contributed by atoms with Crippen molar-refractivity contribution in [1.29, 1.82) is 0 Å². The largest absolute Gasteiger partial charge is 0.321 e. The van der Waals surface area contributed by atoms with Crippen LogP contribution in [-0.2, 0) is 10.0 Å². The first kappa shape index (κ1) is 18.8. The molecule has 0 aliphatic heterocycles. The van der Waals surface area contributed by atoms with Gasteiger partial charge in [0.2, 0.25) is 10.0 Å². The second-order valence-electron chi connectivity index (χ2n) is 6.18. The van der Waals surface area contributed by atoms with Gasteiger partial charge in [-0.3, -0.25) is 4.79 Å². The predicted molar refractivity (Wildman–Crippen MR) is 98.4 cm³/mol. The molecule has 1 amide bonds. The molecule has 5 nitrogen and oxygen atoms in total. The summed E-state index contributed by atoms with van der Waals surface area (Å²) in [5.41, 5.74) is -0.0462. The van der Waals surface area contributed by atoms with Gasteiger partial charge in [-0.1, -0.05) is 36.6 Å². The summed E-state index contributed by atoms with van der Waals surface area (Å²) in [5.74, 6) is -1.58. The highest BCUT2D eigenvalue weighted by atomic mass is 35.5. The molecule has 0 heterocycles. The number of para-hydroxylation sites is 1. The highest BCUT2D eigenvalue weighted by Crippen LogP contribution is 2.24. The van der Waals surface area contributed by atoms with E-state index in [4.69, 9.17) is 11.6 Å². The second kappa shape index (κ2) is 7.73. The van der Waals surface area contributed by atoms with E-state index in [9.17, 15) is 17.6 Å². The molecule has 0 unspecified atom stereocenters. The smallest absolute Gasteiger partial charge is 0.258 e. The molecular weight excluding hydrogens is 379 g/mol. The molecule has 0 bridgehead atoms. The van der Waals surface area contributed by atoms with Crippen LogP contribution in [0.5, 0.6) is 0 Å². The molecule has 0 saturated heterocycles. The Labute approximate surface area is 156 Å². The second-order valence-corrected chi connectivity index (χ2v) is 8.30. The van der Waals surface area contributed by atoms with Gasteiger partial charge in [-0.15, -0.1) is 0 Å². The molecule has 2 aromatic carbocycles. The maximum Gasteiger partial charge on any atom is 0.258 e. The van der Waals surface area contributed by atoms with Gasteiger partial charge in [0.25, 0.3) is 5.91 Å². The van der Waals surface area contributed by atoms with Crippen LogP contribution >= 0.6 is 11.6 Å². The summed E-state index contributed by atoms with van der Waals surface area (Å²) in [6.45, 7) is 0. The lowest BCUT2D eigenvalue weighted by Gasteiger charge is -2.14. The standard InChI is InChI=1S/C18H18ClFN2O3S/c19-15-7-3-4-8-17(15)21-18(23)14-11-13(9-10-16(14)20)26(24,25)22-12-5-1-2-6-12/h3-4,7-12,22H,1-2,5-6H2,(H,21,23). The van der Waals surface area contributed by atoms with Crippen LogP contribution in [-0.4, -0.2) is 20.4 Å². The zero-order chi connectivity index (χ0) is 18.7. The first-order valence-corrected chi connectivity index (χ1v) is 10.1. The molecule has 2 aromatic rings. The van der Waals surface area contributed by atoms with Crippen LogP contribution in [0.2, 0.25) is 5.02 Å². The first-order valence-electron chi connectivity index (χ1n) is 8.24. The van der Waals surface area contributed by atoms with Crippen LogP contribution in [0.1, 0.15) is 36.0 Å². The van der Waals surface area contributed by atoms with Crippen molar-refractivity contribution in [2.24, 2.45) is 0 Å². The van der Waals surface area contributed by atoms with Gasteiger partial charge in [0.15, 0.2) is 0 Å². The van der Waals surface area contributed by atoms with Crippen molar-refractivity contribution in [1.82, 2.24) is 4.72 Å². The van der Waals surface area contributed by atoms with Gasteiger partial charge in [-0.25, -0.2) is 17.5 Å². The van der Waals surface area contributed by atoms with Crippen LogP contribution in [0.25, 0.3) is 0 Å². The molecule has 0 spiro atoms. The number of halogens is 2. The quantitative estimate of drug-likeness (QED) is 0.803. The number of nitrogens with one attached hydrogen (secondary N) is 2. The third-order valence-electron chi connectivity index (χ3n) is 4.29. The average Bonchev–Trinajstić information content (AvgIpc) is 3.09. The molecule has 0 aromatic heterocycles. The maximum absolute atomic E-state index is 14.1. The van der Waals surface area contributed by atoms with Crippen LogP contribution in [0.15, 0.2) is 47.4 Å². The number of amides is 1. The number of anilines is 1. The fourth-order valence-electron chi connectivity index (χ4n) is 2.93. The van der Waals surface area contributed by atoms with Gasteiger partial charge in [0.05, 0.1) is 21.2 Å². The minimum Gasteiger partial charge on any atom is -0.321 e. The van der Waals surface area contributed by atoms with E-state index in [2.05, 4.69) is 10.0 Å². The summed E-state index contributed by atoms with van der Waals surface area (Å²) in [6.07, 6.45) is 3.50. The van der Waals surface area contributed by atoms with Gasteiger partial charge in [-0.2, -0.15) is 0 Å². The SMILES string of the molecule is O=C(Nc1ccccc1Cl)c1cc(S(=O)(=O)NC2CCCC2)ccc1F. The third-order valence-corrected chi connectivity index (χ3v) is 6.14. The lowest BCUT2D eigenvalue weighted by atomic mass is 10.2. The molecule has 1 fully saturated rings. The van der Waals surface area contributed by atoms with E-state index in [1.807, 2.05) is 0 Å². The van der Waals surface area contributed by atoms with E-state index in [0.717, 1.165) is 43.9 Å². The Bertz CT molecular complexity index is 928. The highest BCUT2D eigenvalue weighted by molar-refractivity contribution is 7.89. The fourth-order valence-corrected chi connectivity index (χ4v) is 4.44. The number of carbonyl (C=O) groups excluding carboxylic acids is 1. The number of hydrogen-bond acceptors (Lipinski definition) is 3. The highest BCUT2D eigenvalue weighted by Gasteiger charge is 2.24. The van der Waals surface area contributed by atoms with Crippen LogP contribution < -0.4 is 10.0 Å². The minimum absolute atomic E-state index is 0.120. The van der Waals surface area contributed by atoms with Crippen molar-refractivity contribution in [3.8, 4) is 0 Å². The van der Waals surface area contributed by atoms with E-state index in [-0.39, 0.29) is 16.5 Å². The molecule has 1 aliphatic carbocycles. The molecule has 26 heavy (non-hydrogen) atoms.